The van der Waals surface area contributed by atoms with E-state index < -0.39 is 0 Å². The summed E-state index contributed by atoms with van der Waals surface area (Å²) in [4.78, 5) is 0. The van der Waals surface area contributed by atoms with Gasteiger partial charge in [-0.25, -0.2) is 0 Å². The average Bonchev–Trinajstić information content (AvgIpc) is 2.58. The molecule has 124 valence electrons. The first-order valence-electron chi connectivity index (χ1n) is 10.4. The summed E-state index contributed by atoms with van der Waals surface area (Å²) in [5.74, 6) is 0. The molecule has 0 heterocycles. The second-order valence-corrected chi connectivity index (χ2v) is 8.16. The first-order chi connectivity index (χ1) is 10.4. The van der Waals surface area contributed by atoms with Crippen molar-refractivity contribution >= 4 is 0 Å². The van der Waals surface area contributed by atoms with E-state index in [1.54, 1.807) is 25.7 Å². The van der Waals surface area contributed by atoms with Gasteiger partial charge in [-0.2, -0.15) is 0 Å². The summed E-state index contributed by atoms with van der Waals surface area (Å²) in [6.07, 6.45) is 30.5. The maximum Gasteiger partial charge on any atom is -0.0297 e. The van der Waals surface area contributed by atoms with Gasteiger partial charge < -0.3 is 0 Å². The zero-order valence-corrected chi connectivity index (χ0v) is 14.6. The normalized spacial score (nSPS) is 27.4. The van der Waals surface area contributed by atoms with Gasteiger partial charge in [0.2, 0.25) is 0 Å². The van der Waals surface area contributed by atoms with Crippen molar-refractivity contribution in [3.05, 3.63) is 0 Å². The van der Waals surface area contributed by atoms with E-state index in [2.05, 4.69) is 0 Å². The van der Waals surface area contributed by atoms with E-state index in [1.165, 1.54) is 103 Å². The average molecular weight is 293 g/mol. The van der Waals surface area contributed by atoms with Crippen LogP contribution in [0.2, 0.25) is 0 Å². The lowest BCUT2D eigenvalue weighted by molar-refractivity contribution is 0.174. The van der Waals surface area contributed by atoms with Crippen LogP contribution >= 0.6 is 0 Å². The summed E-state index contributed by atoms with van der Waals surface area (Å²) in [7, 11) is 0. The molecule has 0 heteroatoms. The molecule has 2 saturated carbocycles. The van der Waals surface area contributed by atoms with Crippen LogP contribution in [0.1, 0.15) is 128 Å². The van der Waals surface area contributed by atoms with Crippen LogP contribution in [0.3, 0.4) is 0 Å². The molecule has 0 aromatic carbocycles. The minimum atomic E-state index is 0.759. The molecular formula is C21H40. The molecule has 0 amide bonds. The minimum absolute atomic E-state index is 0.759. The van der Waals surface area contributed by atoms with Gasteiger partial charge in [0, 0.05) is 0 Å². The molecule has 0 saturated heterocycles. The second kappa shape index (κ2) is 10.7. The molecule has 2 aliphatic rings. The minimum Gasteiger partial charge on any atom is -0.0533 e. The maximum absolute atomic E-state index is 1.56. The summed E-state index contributed by atoms with van der Waals surface area (Å²) in [6.45, 7) is 0. The first-order valence-corrected chi connectivity index (χ1v) is 10.4. The Morgan fingerprint density at radius 1 is 0.238 bits per heavy atom. The highest BCUT2D eigenvalue weighted by atomic mass is 14.3. The number of hydrogen-bond acceptors (Lipinski definition) is 0. The smallest absolute Gasteiger partial charge is 0.0297 e. The molecule has 21 heavy (non-hydrogen) atoms. The van der Waals surface area contributed by atoms with E-state index in [4.69, 9.17) is 0 Å². The van der Waals surface area contributed by atoms with Crippen molar-refractivity contribution in [2.75, 3.05) is 0 Å². The molecule has 0 aromatic rings. The van der Waals surface area contributed by atoms with E-state index in [0.717, 1.165) is 5.41 Å². The molecule has 2 fully saturated rings. The van der Waals surface area contributed by atoms with Gasteiger partial charge in [0.05, 0.1) is 0 Å². The Bertz CT molecular complexity index is 189. The molecular weight excluding hydrogens is 252 g/mol. The molecule has 2 rings (SSSR count). The third-order valence-electron chi connectivity index (χ3n) is 6.33. The van der Waals surface area contributed by atoms with Gasteiger partial charge in [-0.05, 0) is 31.1 Å². The Labute approximate surface area is 134 Å². The van der Waals surface area contributed by atoms with Gasteiger partial charge in [-0.3, -0.25) is 0 Å². The Morgan fingerprint density at radius 2 is 0.429 bits per heavy atom. The van der Waals surface area contributed by atoms with Crippen molar-refractivity contribution < 1.29 is 0 Å². The molecule has 0 unspecified atom stereocenters. The van der Waals surface area contributed by atoms with Crippen LogP contribution in [-0.4, -0.2) is 0 Å². The number of hydrogen-bond donors (Lipinski definition) is 0. The zero-order chi connectivity index (χ0) is 14.6. The molecule has 0 bridgehead atoms. The SMILES string of the molecule is C1CCCCCC2(CCCC1)CCCCCCCCCC2. The Balaban J connectivity index is 1.91. The molecule has 1 spiro atoms. The first kappa shape index (κ1) is 17.4. The van der Waals surface area contributed by atoms with Crippen LogP contribution in [0.15, 0.2) is 0 Å². The van der Waals surface area contributed by atoms with E-state index in [1.807, 2.05) is 0 Å². The van der Waals surface area contributed by atoms with Crippen LogP contribution in [-0.2, 0) is 0 Å². The predicted molar refractivity (Wildman–Crippen MR) is 94.8 cm³/mol. The van der Waals surface area contributed by atoms with Gasteiger partial charge in [-0.1, -0.05) is 103 Å². The van der Waals surface area contributed by atoms with Crippen LogP contribution in [0, 0.1) is 5.41 Å². The van der Waals surface area contributed by atoms with Crippen LogP contribution < -0.4 is 0 Å². The van der Waals surface area contributed by atoms with Crippen molar-refractivity contribution in [2.24, 2.45) is 5.41 Å². The molecule has 0 radical (unpaired) electrons. The summed E-state index contributed by atoms with van der Waals surface area (Å²) < 4.78 is 0. The van der Waals surface area contributed by atoms with Gasteiger partial charge in [0.15, 0.2) is 0 Å². The highest BCUT2D eigenvalue weighted by Gasteiger charge is 2.28. The Hall–Kier alpha value is 0. The third kappa shape index (κ3) is 7.20. The molecule has 0 nitrogen and oxygen atoms in total. The van der Waals surface area contributed by atoms with E-state index >= 15 is 0 Å². The molecule has 0 aliphatic heterocycles. The van der Waals surface area contributed by atoms with Crippen LogP contribution in [0.4, 0.5) is 0 Å². The maximum atomic E-state index is 1.56. The molecule has 0 aromatic heterocycles. The van der Waals surface area contributed by atoms with Crippen LogP contribution in [0.5, 0.6) is 0 Å². The van der Waals surface area contributed by atoms with E-state index in [9.17, 15) is 0 Å². The predicted octanol–water partition coefficient (Wildman–Crippen LogP) is 7.80. The highest BCUT2D eigenvalue weighted by Crippen LogP contribution is 2.42. The van der Waals surface area contributed by atoms with Gasteiger partial charge in [0.25, 0.3) is 0 Å². The van der Waals surface area contributed by atoms with Crippen molar-refractivity contribution in [2.45, 2.75) is 128 Å². The largest absolute Gasteiger partial charge is 0.0533 e. The quantitative estimate of drug-likeness (QED) is 0.427. The molecule has 0 N–H and O–H groups in total. The fourth-order valence-electron chi connectivity index (χ4n) is 4.87. The third-order valence-corrected chi connectivity index (χ3v) is 6.33. The molecule has 0 atom stereocenters. The van der Waals surface area contributed by atoms with E-state index in [0.29, 0.717) is 0 Å². The molecule has 2 aliphatic carbocycles. The van der Waals surface area contributed by atoms with Gasteiger partial charge in [0.1, 0.15) is 0 Å². The lowest BCUT2D eigenvalue weighted by Crippen LogP contribution is -2.21. The Kier molecular flexibility index (Phi) is 8.83. The lowest BCUT2D eigenvalue weighted by Gasteiger charge is -2.35. The Morgan fingerprint density at radius 3 is 0.667 bits per heavy atom. The highest BCUT2D eigenvalue weighted by molar-refractivity contribution is 4.80. The monoisotopic (exact) mass is 292 g/mol. The zero-order valence-electron chi connectivity index (χ0n) is 14.6. The van der Waals surface area contributed by atoms with Crippen molar-refractivity contribution in [1.29, 1.82) is 0 Å². The summed E-state index contributed by atoms with van der Waals surface area (Å²) in [5, 5.41) is 0. The second-order valence-electron chi connectivity index (χ2n) is 8.16. The van der Waals surface area contributed by atoms with Crippen molar-refractivity contribution in [1.82, 2.24) is 0 Å². The van der Waals surface area contributed by atoms with Crippen LogP contribution in [0.25, 0.3) is 0 Å². The van der Waals surface area contributed by atoms with Crippen molar-refractivity contribution in [3.63, 3.8) is 0 Å². The summed E-state index contributed by atoms with van der Waals surface area (Å²) in [5.41, 5.74) is 0.759. The standard InChI is InChI=1S/C21H40/c1-2-6-10-14-18-21(17-13-9-5-1)19-15-11-7-3-4-8-12-16-20-21/h1-20H2. The topological polar surface area (TPSA) is 0 Å². The summed E-state index contributed by atoms with van der Waals surface area (Å²) in [6, 6.07) is 0. The van der Waals surface area contributed by atoms with E-state index in [-0.39, 0.29) is 0 Å². The van der Waals surface area contributed by atoms with Gasteiger partial charge >= 0.3 is 0 Å². The fraction of sp³-hybridized carbons (Fsp3) is 1.00. The van der Waals surface area contributed by atoms with Gasteiger partial charge in [-0.15, -0.1) is 0 Å². The lowest BCUT2D eigenvalue weighted by atomic mass is 9.71. The summed E-state index contributed by atoms with van der Waals surface area (Å²) >= 11 is 0. The fourth-order valence-corrected chi connectivity index (χ4v) is 4.87. The van der Waals surface area contributed by atoms with Crippen molar-refractivity contribution in [3.8, 4) is 0 Å². The number of rotatable bonds is 0.